The molecule has 0 heterocycles. The molecule has 0 unspecified atom stereocenters. The van der Waals surface area contributed by atoms with E-state index in [1.165, 1.54) is 22.3 Å². The van der Waals surface area contributed by atoms with Crippen molar-refractivity contribution in [2.75, 3.05) is 26.3 Å². The van der Waals surface area contributed by atoms with Crippen molar-refractivity contribution in [1.82, 2.24) is 16.0 Å². The highest BCUT2D eigenvalue weighted by Crippen LogP contribution is 2.45. The topological polar surface area (TPSA) is 242 Å². The Morgan fingerprint density at radius 1 is 0.569 bits per heavy atom. The second kappa shape index (κ2) is 23.3. The zero-order valence-electron chi connectivity index (χ0n) is 37.2. The van der Waals surface area contributed by atoms with Crippen LogP contribution < -0.4 is 21.7 Å². The predicted octanol–water partition coefficient (Wildman–Crippen LogP) is 8.38. The summed E-state index contributed by atoms with van der Waals surface area (Å²) in [5.74, 6) is -2.13. The van der Waals surface area contributed by atoms with E-state index in [2.05, 4.69) is 40.2 Å². The second-order valence-electron chi connectivity index (χ2n) is 17.2. The number of hydrogen-bond acceptors (Lipinski definition) is 11. The molecule has 0 saturated carbocycles. The number of amides is 3. The molecule has 0 aromatic heterocycles. The van der Waals surface area contributed by atoms with E-state index in [-0.39, 0.29) is 51.0 Å². The molecule has 3 amide bonds. The third-order valence-corrected chi connectivity index (χ3v) is 9.76. The Bertz CT molecular complexity index is 2220. The standard InChI is InChI=1S/C24H28N2O6.C15H11ClO2.C9H18N2O4/c1-24(2,3)32-22(29)25-13-15(12-21(27)28)26-23(30)31-14-20-18-10-6-4-8-16(18)17-9-5-7-11-19(17)20;16-15(17)18-9-14-12-7-3-1-5-10(12)11-6-2-4-8-13(11)14;1-9(2,3)15-8(14)11-5-6(10)4-7(12)13/h4-11,15,20H,12-14H2,1-3H3,(H,25,29)(H,26,30)(H,27,28);1-8,14H,9H2;6H,4-5,10H2,1-3H3,(H,11,14)(H,12,13)/t15-;;6-/m0.0/s1. The van der Waals surface area contributed by atoms with Crippen molar-refractivity contribution >= 4 is 47.2 Å². The molecule has 4 aromatic carbocycles. The lowest BCUT2D eigenvalue weighted by atomic mass is 9.98. The molecular weight excluding hydrogens is 860 g/mol. The SMILES string of the molecule is CC(C)(C)OC(=O)NC[C@@H](N)CC(=O)O.CC(C)(C)OC(=O)NC[C@H](CC(=O)O)NC(=O)OCC1c2ccccc2-c2ccccc21.O=C(Cl)OCC1c2ccccc2-c2ccccc21. The zero-order valence-corrected chi connectivity index (χ0v) is 38.0. The van der Waals surface area contributed by atoms with E-state index in [4.69, 9.17) is 46.5 Å². The number of alkyl carbamates (subject to hydrolysis) is 3. The van der Waals surface area contributed by atoms with Gasteiger partial charge in [-0.25, -0.2) is 19.2 Å². The van der Waals surface area contributed by atoms with E-state index in [9.17, 15) is 28.8 Å². The number of carboxylic acids is 2. The minimum absolute atomic E-state index is 0.0834. The smallest absolute Gasteiger partial charge is 0.407 e. The minimum atomic E-state index is -1.11. The van der Waals surface area contributed by atoms with Crippen molar-refractivity contribution in [3.63, 3.8) is 0 Å². The van der Waals surface area contributed by atoms with E-state index in [1.807, 2.05) is 72.8 Å². The summed E-state index contributed by atoms with van der Waals surface area (Å²) in [6.45, 7) is 10.8. The highest BCUT2D eigenvalue weighted by atomic mass is 35.5. The average Bonchev–Trinajstić information content (AvgIpc) is 3.71. The molecular formula is C48H57ClN4O12. The maximum absolute atomic E-state index is 12.4. The highest BCUT2D eigenvalue weighted by Gasteiger charge is 2.31. The number of halogens is 1. The minimum Gasteiger partial charge on any atom is -0.481 e. The largest absolute Gasteiger partial charge is 0.481 e. The molecule has 0 bridgehead atoms. The number of ether oxygens (including phenoxy) is 4. The van der Waals surface area contributed by atoms with Gasteiger partial charge < -0.3 is 50.8 Å². The van der Waals surface area contributed by atoms with Crippen LogP contribution in [0, 0.1) is 0 Å². The molecule has 65 heavy (non-hydrogen) atoms. The number of nitrogens with one attached hydrogen (secondary N) is 3. The van der Waals surface area contributed by atoms with Crippen molar-refractivity contribution in [3.05, 3.63) is 119 Å². The van der Waals surface area contributed by atoms with Gasteiger partial charge in [0, 0.05) is 42.6 Å². The summed E-state index contributed by atoms with van der Waals surface area (Å²) < 4.78 is 20.5. The number of carbonyl (C=O) groups is 6. The first kappa shape index (κ1) is 51.0. The number of hydrogen-bond donors (Lipinski definition) is 6. The van der Waals surface area contributed by atoms with E-state index in [0.717, 1.165) is 22.3 Å². The maximum atomic E-state index is 12.4. The van der Waals surface area contributed by atoms with E-state index >= 15 is 0 Å². The summed E-state index contributed by atoms with van der Waals surface area (Å²) in [6, 6.07) is 30.9. The summed E-state index contributed by atoms with van der Waals surface area (Å²) in [6.07, 6.45) is -2.59. The monoisotopic (exact) mass is 916 g/mol. The quantitative estimate of drug-likeness (QED) is 0.0546. The van der Waals surface area contributed by atoms with Crippen LogP contribution >= 0.6 is 11.6 Å². The fraction of sp³-hybridized carbons (Fsp3) is 0.375. The molecule has 16 nitrogen and oxygen atoms in total. The number of fused-ring (bicyclic) bond motifs is 6. The third kappa shape index (κ3) is 16.4. The Labute approximate surface area is 383 Å². The summed E-state index contributed by atoms with van der Waals surface area (Å²) in [5, 5.41) is 24.9. The first-order valence-electron chi connectivity index (χ1n) is 20.9. The van der Waals surface area contributed by atoms with Gasteiger partial charge in [-0.3, -0.25) is 9.59 Å². The van der Waals surface area contributed by atoms with Gasteiger partial charge >= 0.3 is 35.6 Å². The lowest BCUT2D eigenvalue weighted by molar-refractivity contribution is -0.138. The van der Waals surface area contributed by atoms with Gasteiger partial charge in [0.05, 0.1) is 18.9 Å². The van der Waals surface area contributed by atoms with Gasteiger partial charge in [-0.2, -0.15) is 0 Å². The summed E-state index contributed by atoms with van der Waals surface area (Å²) >= 11 is 5.25. The fourth-order valence-corrected chi connectivity index (χ4v) is 7.19. The van der Waals surface area contributed by atoms with Crippen LogP contribution in [0.15, 0.2) is 97.1 Å². The van der Waals surface area contributed by atoms with Gasteiger partial charge in [0.2, 0.25) is 0 Å². The van der Waals surface area contributed by atoms with E-state index < -0.39 is 58.9 Å². The summed E-state index contributed by atoms with van der Waals surface area (Å²) in [4.78, 5) is 67.6. The maximum Gasteiger partial charge on any atom is 0.407 e. The van der Waals surface area contributed by atoms with Gasteiger partial charge in [0.15, 0.2) is 0 Å². The van der Waals surface area contributed by atoms with Crippen molar-refractivity contribution in [3.8, 4) is 22.3 Å². The molecule has 0 saturated heterocycles. The van der Waals surface area contributed by atoms with Crippen LogP contribution in [0.5, 0.6) is 0 Å². The van der Waals surface area contributed by atoms with E-state index in [0.29, 0.717) is 0 Å². The molecule has 0 radical (unpaired) electrons. The molecule has 2 aliphatic rings. The Kier molecular flexibility index (Phi) is 18.3. The zero-order chi connectivity index (χ0) is 47.9. The normalized spacial score (nSPS) is 13.2. The highest BCUT2D eigenvalue weighted by molar-refractivity contribution is 6.61. The van der Waals surface area contributed by atoms with Gasteiger partial charge in [-0.1, -0.05) is 97.1 Å². The van der Waals surface area contributed by atoms with Crippen LogP contribution in [-0.2, 0) is 28.5 Å². The Balaban J connectivity index is 0.000000236. The third-order valence-electron chi connectivity index (χ3n) is 9.65. The summed E-state index contributed by atoms with van der Waals surface area (Å²) in [7, 11) is 0. The molecule has 6 rings (SSSR count). The fourth-order valence-electron chi connectivity index (χ4n) is 7.13. The van der Waals surface area contributed by atoms with Crippen LogP contribution in [0.3, 0.4) is 0 Å². The molecule has 2 aliphatic carbocycles. The second-order valence-corrected chi connectivity index (χ2v) is 17.5. The van der Waals surface area contributed by atoms with Crippen LogP contribution in [0.2, 0.25) is 0 Å². The first-order valence-corrected chi connectivity index (χ1v) is 21.2. The Hall–Kier alpha value is -6.65. The number of carbonyl (C=O) groups excluding carboxylic acids is 4. The van der Waals surface area contributed by atoms with Crippen LogP contribution in [0.25, 0.3) is 22.3 Å². The van der Waals surface area contributed by atoms with Crippen molar-refractivity contribution in [2.24, 2.45) is 5.73 Å². The first-order chi connectivity index (χ1) is 30.6. The lowest BCUT2D eigenvalue weighted by Gasteiger charge is -2.22. The molecule has 4 aromatic rings. The van der Waals surface area contributed by atoms with Gasteiger partial charge in [-0.05, 0) is 86.1 Å². The Morgan fingerprint density at radius 2 is 0.923 bits per heavy atom. The van der Waals surface area contributed by atoms with Crippen molar-refractivity contribution in [1.29, 1.82) is 0 Å². The molecule has 0 fully saturated rings. The number of carboxylic acid groups (broad SMARTS) is 2. The molecule has 17 heteroatoms. The Morgan fingerprint density at radius 3 is 1.28 bits per heavy atom. The summed E-state index contributed by atoms with van der Waals surface area (Å²) in [5.41, 5.74) is 12.6. The van der Waals surface area contributed by atoms with Gasteiger partial charge in [0.1, 0.15) is 24.4 Å². The lowest BCUT2D eigenvalue weighted by Crippen LogP contribution is -2.46. The van der Waals surface area contributed by atoms with Crippen molar-refractivity contribution < 1.29 is 57.9 Å². The van der Waals surface area contributed by atoms with Crippen LogP contribution in [-0.4, -0.2) is 95.4 Å². The van der Waals surface area contributed by atoms with Crippen LogP contribution in [0.4, 0.5) is 19.2 Å². The molecule has 2 atom stereocenters. The predicted molar refractivity (Wildman–Crippen MR) is 244 cm³/mol. The number of rotatable bonds is 13. The average molecular weight is 917 g/mol. The van der Waals surface area contributed by atoms with Crippen molar-refractivity contribution in [2.45, 2.75) is 89.5 Å². The molecule has 7 N–H and O–H groups in total. The van der Waals surface area contributed by atoms with Gasteiger partial charge in [0.25, 0.3) is 0 Å². The van der Waals surface area contributed by atoms with Gasteiger partial charge in [-0.15, -0.1) is 0 Å². The van der Waals surface area contributed by atoms with E-state index in [1.54, 1.807) is 41.5 Å². The molecule has 0 spiro atoms. The number of aliphatic carboxylic acids is 2. The van der Waals surface area contributed by atoms with Crippen LogP contribution in [0.1, 0.15) is 88.5 Å². The molecule has 0 aliphatic heterocycles. The molecule has 348 valence electrons. The number of nitrogens with two attached hydrogens (primary N) is 1. The number of benzene rings is 4.